The maximum Gasteiger partial charge on any atom is 0.262 e. The van der Waals surface area contributed by atoms with Crippen LogP contribution in [0.15, 0.2) is 39.8 Å². The summed E-state index contributed by atoms with van der Waals surface area (Å²) in [6, 6.07) is 6.54. The maximum absolute atomic E-state index is 12.5. The third-order valence-electron chi connectivity index (χ3n) is 2.99. The number of sulfonamides is 1. The van der Waals surface area contributed by atoms with Gasteiger partial charge in [0.1, 0.15) is 0 Å². The number of benzene rings is 1. The molecule has 0 unspecified atom stereocenters. The van der Waals surface area contributed by atoms with E-state index in [9.17, 15) is 13.5 Å². The van der Waals surface area contributed by atoms with E-state index >= 15 is 0 Å². The Balaban J connectivity index is 2.44. The Kier molecular flexibility index (Phi) is 4.65. The first kappa shape index (κ1) is 15.9. The SMILES string of the molecule is Cc1ccc(NS(=O)(=O)c2cc(CO)cc(Br)c2C)cn1. The fourth-order valence-electron chi connectivity index (χ4n) is 1.82. The van der Waals surface area contributed by atoms with Gasteiger partial charge in [-0.3, -0.25) is 9.71 Å². The van der Waals surface area contributed by atoms with Crippen molar-refractivity contribution in [3.8, 4) is 0 Å². The molecule has 0 saturated carbocycles. The topological polar surface area (TPSA) is 79.3 Å². The van der Waals surface area contributed by atoms with Gasteiger partial charge in [-0.25, -0.2) is 8.42 Å². The molecule has 1 heterocycles. The number of pyridine rings is 1. The molecule has 21 heavy (non-hydrogen) atoms. The highest BCUT2D eigenvalue weighted by atomic mass is 79.9. The number of hydrogen-bond acceptors (Lipinski definition) is 4. The zero-order valence-electron chi connectivity index (χ0n) is 11.6. The van der Waals surface area contributed by atoms with Crippen LogP contribution in [0.2, 0.25) is 0 Å². The van der Waals surface area contributed by atoms with Crippen molar-refractivity contribution in [3.05, 3.63) is 51.8 Å². The number of anilines is 1. The second kappa shape index (κ2) is 6.13. The van der Waals surface area contributed by atoms with Gasteiger partial charge in [0, 0.05) is 10.2 Å². The second-order valence-corrected chi connectivity index (χ2v) is 7.16. The van der Waals surface area contributed by atoms with Gasteiger partial charge in [-0.2, -0.15) is 0 Å². The number of nitrogens with zero attached hydrogens (tertiary/aromatic N) is 1. The Labute approximate surface area is 132 Å². The van der Waals surface area contributed by atoms with Gasteiger partial charge in [0.05, 0.1) is 23.4 Å². The summed E-state index contributed by atoms with van der Waals surface area (Å²) in [6.07, 6.45) is 1.47. The molecule has 0 saturated heterocycles. The minimum atomic E-state index is -3.74. The van der Waals surface area contributed by atoms with Crippen molar-refractivity contribution in [2.75, 3.05) is 4.72 Å². The second-order valence-electron chi connectivity index (χ2n) is 4.65. The molecule has 2 N–H and O–H groups in total. The van der Waals surface area contributed by atoms with Crippen molar-refractivity contribution >= 4 is 31.6 Å². The standard InChI is InChI=1S/C14H15BrN2O3S/c1-9-3-4-12(7-16-9)17-21(19,20)14-6-11(8-18)5-13(15)10(14)2/h3-7,17-18H,8H2,1-2H3. The first-order valence-corrected chi connectivity index (χ1v) is 8.46. The molecule has 0 aliphatic carbocycles. The lowest BCUT2D eigenvalue weighted by Gasteiger charge is -2.13. The summed E-state index contributed by atoms with van der Waals surface area (Å²) < 4.78 is 28.1. The molecule has 1 aromatic carbocycles. The van der Waals surface area contributed by atoms with Crippen LogP contribution in [0.25, 0.3) is 0 Å². The highest BCUT2D eigenvalue weighted by Crippen LogP contribution is 2.27. The van der Waals surface area contributed by atoms with Crippen molar-refractivity contribution in [2.45, 2.75) is 25.3 Å². The van der Waals surface area contributed by atoms with Gasteiger partial charge in [-0.05, 0) is 49.2 Å². The number of rotatable bonds is 4. The highest BCUT2D eigenvalue weighted by Gasteiger charge is 2.19. The van der Waals surface area contributed by atoms with Gasteiger partial charge in [0.2, 0.25) is 0 Å². The van der Waals surface area contributed by atoms with Gasteiger partial charge in [0.15, 0.2) is 0 Å². The fourth-order valence-corrected chi connectivity index (χ4v) is 3.82. The molecule has 0 radical (unpaired) electrons. The number of aryl methyl sites for hydroxylation is 1. The van der Waals surface area contributed by atoms with E-state index in [1.807, 2.05) is 6.92 Å². The number of aliphatic hydroxyl groups is 1. The molecular weight excluding hydrogens is 356 g/mol. The lowest BCUT2D eigenvalue weighted by Crippen LogP contribution is -2.15. The molecule has 0 amide bonds. The van der Waals surface area contributed by atoms with Gasteiger partial charge >= 0.3 is 0 Å². The highest BCUT2D eigenvalue weighted by molar-refractivity contribution is 9.10. The Hall–Kier alpha value is -1.44. The van der Waals surface area contributed by atoms with Crippen molar-refractivity contribution < 1.29 is 13.5 Å². The molecule has 2 aromatic rings. The number of aliphatic hydroxyl groups excluding tert-OH is 1. The largest absolute Gasteiger partial charge is 0.392 e. The van der Waals surface area contributed by atoms with Gasteiger partial charge < -0.3 is 5.11 Å². The Morgan fingerprint density at radius 2 is 2.00 bits per heavy atom. The zero-order chi connectivity index (χ0) is 15.6. The quantitative estimate of drug-likeness (QED) is 0.866. The van der Waals surface area contributed by atoms with Crippen LogP contribution in [0.3, 0.4) is 0 Å². The maximum atomic E-state index is 12.5. The van der Waals surface area contributed by atoms with Crippen LogP contribution in [0, 0.1) is 13.8 Å². The summed E-state index contributed by atoms with van der Waals surface area (Å²) in [7, 11) is -3.74. The summed E-state index contributed by atoms with van der Waals surface area (Å²) in [4.78, 5) is 4.18. The van der Waals surface area contributed by atoms with E-state index in [0.29, 0.717) is 21.3 Å². The summed E-state index contributed by atoms with van der Waals surface area (Å²) in [5.41, 5.74) is 2.30. The van der Waals surface area contributed by atoms with Gasteiger partial charge in [-0.15, -0.1) is 0 Å². The molecule has 0 bridgehead atoms. The van der Waals surface area contributed by atoms with Crippen LogP contribution in [0.1, 0.15) is 16.8 Å². The van der Waals surface area contributed by atoms with E-state index in [0.717, 1.165) is 5.69 Å². The van der Waals surface area contributed by atoms with Crippen molar-refractivity contribution in [1.82, 2.24) is 4.98 Å². The molecule has 0 aliphatic heterocycles. The number of halogens is 1. The minimum Gasteiger partial charge on any atom is -0.392 e. The Morgan fingerprint density at radius 3 is 2.57 bits per heavy atom. The molecule has 7 heteroatoms. The predicted molar refractivity (Wildman–Crippen MR) is 84.6 cm³/mol. The molecular formula is C14H15BrN2O3S. The zero-order valence-corrected chi connectivity index (χ0v) is 14.0. The summed E-state index contributed by atoms with van der Waals surface area (Å²) >= 11 is 3.31. The Bertz CT molecular complexity index is 759. The third kappa shape index (κ3) is 3.61. The molecule has 0 fully saturated rings. The first-order valence-electron chi connectivity index (χ1n) is 6.19. The summed E-state index contributed by atoms with van der Waals surface area (Å²) in [6.45, 7) is 3.30. The van der Waals surface area contributed by atoms with Crippen LogP contribution < -0.4 is 4.72 Å². The number of hydrogen-bond donors (Lipinski definition) is 2. The van der Waals surface area contributed by atoms with Crippen LogP contribution in [0.4, 0.5) is 5.69 Å². The molecule has 0 atom stereocenters. The summed E-state index contributed by atoms with van der Waals surface area (Å²) in [5.74, 6) is 0. The molecule has 1 aromatic heterocycles. The van der Waals surface area contributed by atoms with E-state index < -0.39 is 10.0 Å². The van der Waals surface area contributed by atoms with Crippen LogP contribution in [0.5, 0.6) is 0 Å². The minimum absolute atomic E-state index is 0.126. The fraction of sp³-hybridized carbons (Fsp3) is 0.214. The number of nitrogens with one attached hydrogen (secondary N) is 1. The smallest absolute Gasteiger partial charge is 0.262 e. The Morgan fingerprint density at radius 1 is 1.29 bits per heavy atom. The van der Waals surface area contributed by atoms with Crippen LogP contribution >= 0.6 is 15.9 Å². The average molecular weight is 371 g/mol. The normalized spacial score (nSPS) is 11.4. The van der Waals surface area contributed by atoms with Gasteiger partial charge in [-0.1, -0.05) is 15.9 Å². The van der Waals surface area contributed by atoms with E-state index in [-0.39, 0.29) is 11.5 Å². The third-order valence-corrected chi connectivity index (χ3v) is 5.32. The molecule has 112 valence electrons. The van der Waals surface area contributed by atoms with Crippen molar-refractivity contribution in [2.24, 2.45) is 0 Å². The molecule has 2 rings (SSSR count). The number of aromatic nitrogens is 1. The van der Waals surface area contributed by atoms with Crippen molar-refractivity contribution in [1.29, 1.82) is 0 Å². The molecule has 5 nitrogen and oxygen atoms in total. The van der Waals surface area contributed by atoms with E-state index in [1.165, 1.54) is 12.3 Å². The van der Waals surface area contributed by atoms with Crippen LogP contribution in [-0.2, 0) is 16.6 Å². The summed E-state index contributed by atoms with van der Waals surface area (Å²) in [5, 5.41) is 9.22. The average Bonchev–Trinajstić information content (AvgIpc) is 2.43. The van der Waals surface area contributed by atoms with E-state index in [2.05, 4.69) is 25.6 Å². The van der Waals surface area contributed by atoms with E-state index in [4.69, 9.17) is 0 Å². The predicted octanol–water partition coefficient (Wildman–Crippen LogP) is 2.75. The van der Waals surface area contributed by atoms with Gasteiger partial charge in [0.25, 0.3) is 10.0 Å². The van der Waals surface area contributed by atoms with Crippen molar-refractivity contribution in [3.63, 3.8) is 0 Å². The molecule has 0 aliphatic rings. The molecule has 0 spiro atoms. The van der Waals surface area contributed by atoms with E-state index in [1.54, 1.807) is 25.1 Å². The van der Waals surface area contributed by atoms with Crippen LogP contribution in [-0.4, -0.2) is 18.5 Å². The monoisotopic (exact) mass is 370 g/mol. The lowest BCUT2D eigenvalue weighted by atomic mass is 10.2. The lowest BCUT2D eigenvalue weighted by molar-refractivity contribution is 0.281. The first-order chi connectivity index (χ1) is 9.83.